The van der Waals surface area contributed by atoms with Crippen LogP contribution in [0.15, 0.2) is 43.0 Å². The third kappa shape index (κ3) is 3.30. The molecule has 1 aliphatic rings. The van der Waals surface area contributed by atoms with Crippen LogP contribution in [0, 0.1) is 0 Å². The van der Waals surface area contributed by atoms with Gasteiger partial charge in [-0.05, 0) is 30.5 Å². The predicted molar refractivity (Wildman–Crippen MR) is 94.7 cm³/mol. The largest absolute Gasteiger partial charge is 0.497 e. The van der Waals surface area contributed by atoms with Crippen LogP contribution in [0.5, 0.6) is 5.75 Å². The quantitative estimate of drug-likeness (QED) is 0.750. The Kier molecular flexibility index (Phi) is 4.52. The fourth-order valence-electron chi connectivity index (χ4n) is 3.40. The molecule has 1 unspecified atom stereocenters. The lowest BCUT2D eigenvalue weighted by molar-refractivity contribution is 0.193. The smallest absolute Gasteiger partial charge is 0.119 e. The summed E-state index contributed by atoms with van der Waals surface area (Å²) in [4.78, 5) is 4.73. The summed E-state index contributed by atoms with van der Waals surface area (Å²) >= 11 is 0. The number of aromatic nitrogens is 4. The lowest BCUT2D eigenvalue weighted by Gasteiger charge is -2.15. The van der Waals surface area contributed by atoms with E-state index in [0.717, 1.165) is 49.6 Å². The molecule has 2 aromatic heterocycles. The molecule has 4 rings (SSSR count). The monoisotopic (exact) mass is 338 g/mol. The third-order valence-corrected chi connectivity index (χ3v) is 4.73. The summed E-state index contributed by atoms with van der Waals surface area (Å²) in [7, 11) is 1.69. The number of hydrogen-bond acceptors (Lipinski definition) is 4. The zero-order valence-electron chi connectivity index (χ0n) is 14.3. The van der Waals surface area contributed by atoms with E-state index in [2.05, 4.69) is 20.8 Å². The molecule has 3 heterocycles. The molecule has 1 atom stereocenters. The molecular formula is C19H22N4O2. The summed E-state index contributed by atoms with van der Waals surface area (Å²) in [6.45, 7) is 2.45. The standard InChI is InChI=1S/C19H22N4O2/c1-24-17-4-2-3-15(9-17)18-19(16-6-8-25-12-16)23(13-20-18)7-5-14-10-21-22-11-14/h2-4,9-11,13,16H,5-8,12H2,1H3,(H,21,22). The van der Waals surface area contributed by atoms with Crippen LogP contribution >= 0.6 is 0 Å². The predicted octanol–water partition coefficient (Wildman–Crippen LogP) is 3.03. The van der Waals surface area contributed by atoms with Gasteiger partial charge >= 0.3 is 0 Å². The van der Waals surface area contributed by atoms with Gasteiger partial charge in [-0.15, -0.1) is 0 Å². The van der Waals surface area contributed by atoms with Crippen LogP contribution in [0.1, 0.15) is 23.6 Å². The second kappa shape index (κ2) is 7.11. The van der Waals surface area contributed by atoms with Crippen molar-refractivity contribution in [3.8, 4) is 17.0 Å². The molecule has 1 aromatic carbocycles. The molecule has 6 nitrogen and oxygen atoms in total. The molecule has 1 fully saturated rings. The van der Waals surface area contributed by atoms with E-state index in [1.54, 1.807) is 7.11 Å². The van der Waals surface area contributed by atoms with Crippen molar-refractivity contribution < 1.29 is 9.47 Å². The fraction of sp³-hybridized carbons (Fsp3) is 0.368. The molecule has 130 valence electrons. The summed E-state index contributed by atoms with van der Waals surface area (Å²) in [5.74, 6) is 1.23. The van der Waals surface area contributed by atoms with Crippen LogP contribution in [-0.4, -0.2) is 40.1 Å². The summed E-state index contributed by atoms with van der Waals surface area (Å²) in [5.41, 5.74) is 4.57. The van der Waals surface area contributed by atoms with E-state index in [9.17, 15) is 0 Å². The lowest BCUT2D eigenvalue weighted by atomic mass is 9.98. The molecule has 0 aliphatic carbocycles. The first-order valence-electron chi connectivity index (χ1n) is 8.60. The van der Waals surface area contributed by atoms with Crippen LogP contribution in [0.2, 0.25) is 0 Å². The van der Waals surface area contributed by atoms with Gasteiger partial charge in [0, 0.05) is 30.8 Å². The molecule has 1 aliphatic heterocycles. The maximum absolute atomic E-state index is 5.64. The summed E-state index contributed by atoms with van der Waals surface area (Å²) < 4.78 is 13.3. The zero-order chi connectivity index (χ0) is 17.1. The summed E-state index contributed by atoms with van der Waals surface area (Å²) in [5, 5.41) is 6.89. The Labute approximate surface area is 146 Å². The van der Waals surface area contributed by atoms with Crippen molar-refractivity contribution in [2.45, 2.75) is 25.3 Å². The first-order valence-corrected chi connectivity index (χ1v) is 8.60. The number of methoxy groups -OCH3 is 1. The number of ether oxygens (including phenoxy) is 2. The highest BCUT2D eigenvalue weighted by Gasteiger charge is 2.26. The number of aryl methyl sites for hydroxylation is 2. The van der Waals surface area contributed by atoms with Crippen LogP contribution < -0.4 is 4.74 Å². The number of aromatic amines is 1. The summed E-state index contributed by atoms with van der Waals surface area (Å²) in [6, 6.07) is 8.10. The SMILES string of the molecule is COc1cccc(-c2ncn(CCc3cn[nH]c3)c2C2CCOC2)c1. The highest BCUT2D eigenvalue weighted by molar-refractivity contribution is 5.64. The van der Waals surface area contributed by atoms with Crippen molar-refractivity contribution in [2.75, 3.05) is 20.3 Å². The third-order valence-electron chi connectivity index (χ3n) is 4.73. The fourth-order valence-corrected chi connectivity index (χ4v) is 3.40. The molecular weight excluding hydrogens is 316 g/mol. The van der Waals surface area contributed by atoms with Crippen molar-refractivity contribution >= 4 is 0 Å². The van der Waals surface area contributed by atoms with Gasteiger partial charge in [-0.25, -0.2) is 4.98 Å². The Hall–Kier alpha value is -2.60. The van der Waals surface area contributed by atoms with Crippen molar-refractivity contribution in [3.05, 3.63) is 54.2 Å². The number of rotatable bonds is 6. The average molecular weight is 338 g/mol. The molecule has 0 saturated carbocycles. The molecule has 0 radical (unpaired) electrons. The van der Waals surface area contributed by atoms with Crippen molar-refractivity contribution in [1.29, 1.82) is 0 Å². The van der Waals surface area contributed by atoms with Crippen molar-refractivity contribution in [3.63, 3.8) is 0 Å². The van der Waals surface area contributed by atoms with E-state index in [-0.39, 0.29) is 0 Å². The van der Waals surface area contributed by atoms with Gasteiger partial charge in [0.1, 0.15) is 5.75 Å². The Balaban J connectivity index is 1.68. The minimum Gasteiger partial charge on any atom is -0.497 e. The van der Waals surface area contributed by atoms with Gasteiger partial charge in [0.15, 0.2) is 0 Å². The van der Waals surface area contributed by atoms with E-state index in [0.29, 0.717) is 5.92 Å². The van der Waals surface area contributed by atoms with Gasteiger partial charge in [-0.3, -0.25) is 5.10 Å². The van der Waals surface area contributed by atoms with Gasteiger partial charge in [0.25, 0.3) is 0 Å². The van der Waals surface area contributed by atoms with E-state index in [1.807, 2.05) is 36.9 Å². The number of benzene rings is 1. The van der Waals surface area contributed by atoms with Gasteiger partial charge in [0.05, 0.1) is 37.6 Å². The van der Waals surface area contributed by atoms with Crippen LogP contribution in [0.25, 0.3) is 11.3 Å². The molecule has 0 amide bonds. The number of imidazole rings is 1. The van der Waals surface area contributed by atoms with Crippen LogP contribution in [0.4, 0.5) is 0 Å². The molecule has 3 aromatic rings. The second-order valence-electron chi connectivity index (χ2n) is 6.32. The Morgan fingerprint density at radius 2 is 2.36 bits per heavy atom. The maximum atomic E-state index is 5.64. The molecule has 25 heavy (non-hydrogen) atoms. The zero-order valence-corrected chi connectivity index (χ0v) is 14.3. The topological polar surface area (TPSA) is 65.0 Å². The lowest BCUT2D eigenvalue weighted by Crippen LogP contribution is -2.10. The molecule has 6 heteroatoms. The van der Waals surface area contributed by atoms with E-state index in [1.165, 1.54) is 11.3 Å². The van der Waals surface area contributed by atoms with Gasteiger partial charge < -0.3 is 14.0 Å². The minimum absolute atomic E-state index is 0.382. The van der Waals surface area contributed by atoms with E-state index >= 15 is 0 Å². The molecule has 1 N–H and O–H groups in total. The number of nitrogens with zero attached hydrogens (tertiary/aromatic N) is 3. The Morgan fingerprint density at radius 3 is 3.12 bits per heavy atom. The van der Waals surface area contributed by atoms with Crippen molar-refractivity contribution in [2.24, 2.45) is 0 Å². The molecule has 0 bridgehead atoms. The van der Waals surface area contributed by atoms with Gasteiger partial charge in [-0.1, -0.05) is 12.1 Å². The minimum atomic E-state index is 0.382. The Bertz CT molecular complexity index is 820. The highest BCUT2D eigenvalue weighted by atomic mass is 16.5. The maximum Gasteiger partial charge on any atom is 0.119 e. The normalized spacial score (nSPS) is 17.1. The first-order chi connectivity index (χ1) is 12.3. The second-order valence-corrected chi connectivity index (χ2v) is 6.32. The van der Waals surface area contributed by atoms with Gasteiger partial charge in [-0.2, -0.15) is 5.10 Å². The first kappa shape index (κ1) is 15.9. The van der Waals surface area contributed by atoms with E-state index in [4.69, 9.17) is 14.5 Å². The molecule has 0 spiro atoms. The van der Waals surface area contributed by atoms with Crippen LogP contribution in [-0.2, 0) is 17.7 Å². The average Bonchev–Trinajstić information content (AvgIpc) is 3.40. The van der Waals surface area contributed by atoms with Gasteiger partial charge in [0.2, 0.25) is 0 Å². The molecule has 1 saturated heterocycles. The number of hydrogen-bond donors (Lipinski definition) is 1. The van der Waals surface area contributed by atoms with Crippen LogP contribution in [0.3, 0.4) is 0 Å². The van der Waals surface area contributed by atoms with E-state index < -0.39 is 0 Å². The highest BCUT2D eigenvalue weighted by Crippen LogP contribution is 2.34. The Morgan fingerprint density at radius 1 is 1.40 bits per heavy atom. The summed E-state index contributed by atoms with van der Waals surface area (Å²) in [6.07, 6.45) is 7.72. The van der Waals surface area contributed by atoms with Crippen molar-refractivity contribution in [1.82, 2.24) is 19.7 Å². The number of nitrogens with one attached hydrogen (secondary N) is 1. The number of H-pyrrole nitrogens is 1.